The molecule has 0 saturated carbocycles. The molecule has 0 aromatic rings. The first-order valence-corrected chi connectivity index (χ1v) is 9.40. The second kappa shape index (κ2) is 7.75. The third-order valence-electron chi connectivity index (χ3n) is 4.02. The summed E-state index contributed by atoms with van der Waals surface area (Å²) in [7, 11) is 0. The molecule has 2 unspecified atom stereocenters. The van der Waals surface area contributed by atoms with E-state index in [9.17, 15) is 9.59 Å². The highest BCUT2D eigenvalue weighted by atomic mass is 32.2. The van der Waals surface area contributed by atoms with E-state index < -0.39 is 5.60 Å². The fourth-order valence-corrected chi connectivity index (χ4v) is 3.95. The maximum Gasteiger partial charge on any atom is 0.410 e. The number of carbonyl (C=O) groups is 2. The van der Waals surface area contributed by atoms with E-state index in [0.29, 0.717) is 44.0 Å². The number of hydrogen-bond acceptors (Lipinski definition) is 5. The van der Waals surface area contributed by atoms with Crippen LogP contribution in [-0.2, 0) is 9.53 Å². The Morgan fingerprint density at radius 2 is 1.78 bits per heavy atom. The molecule has 2 heterocycles. The van der Waals surface area contributed by atoms with Crippen molar-refractivity contribution in [2.75, 3.05) is 38.5 Å². The van der Waals surface area contributed by atoms with Crippen LogP contribution in [0.3, 0.4) is 0 Å². The van der Waals surface area contributed by atoms with Gasteiger partial charge in [0, 0.05) is 43.2 Å². The van der Waals surface area contributed by atoms with Gasteiger partial charge in [0.15, 0.2) is 0 Å². The molecule has 132 valence electrons. The van der Waals surface area contributed by atoms with Gasteiger partial charge in [0.1, 0.15) is 5.60 Å². The van der Waals surface area contributed by atoms with E-state index in [2.05, 4.69) is 12.2 Å². The Morgan fingerprint density at radius 3 is 2.30 bits per heavy atom. The van der Waals surface area contributed by atoms with Gasteiger partial charge in [-0.3, -0.25) is 4.79 Å². The van der Waals surface area contributed by atoms with Gasteiger partial charge < -0.3 is 19.9 Å². The van der Waals surface area contributed by atoms with E-state index in [-0.39, 0.29) is 12.0 Å². The predicted molar refractivity (Wildman–Crippen MR) is 92.7 cm³/mol. The van der Waals surface area contributed by atoms with Crippen molar-refractivity contribution in [1.82, 2.24) is 15.1 Å². The molecule has 2 atom stereocenters. The number of nitrogens with zero attached hydrogens (tertiary/aromatic N) is 2. The summed E-state index contributed by atoms with van der Waals surface area (Å²) in [5, 5.41) is 4.04. The number of rotatable bonds is 3. The first kappa shape index (κ1) is 18.4. The number of hydrogen-bond donors (Lipinski definition) is 1. The summed E-state index contributed by atoms with van der Waals surface area (Å²) >= 11 is 1.95. The fourth-order valence-electron chi connectivity index (χ4n) is 2.77. The van der Waals surface area contributed by atoms with Crippen LogP contribution in [-0.4, -0.2) is 77.2 Å². The van der Waals surface area contributed by atoms with Crippen LogP contribution in [0.1, 0.15) is 34.1 Å². The van der Waals surface area contributed by atoms with E-state index in [1.54, 1.807) is 4.90 Å². The molecule has 1 N–H and O–H groups in total. The zero-order chi connectivity index (χ0) is 17.0. The summed E-state index contributed by atoms with van der Waals surface area (Å²) < 4.78 is 5.37. The molecule has 2 amide bonds. The average molecular weight is 343 g/mol. The van der Waals surface area contributed by atoms with E-state index in [0.717, 1.165) is 12.2 Å². The highest BCUT2D eigenvalue weighted by Crippen LogP contribution is 2.25. The van der Waals surface area contributed by atoms with Gasteiger partial charge in [-0.2, -0.15) is 11.8 Å². The summed E-state index contributed by atoms with van der Waals surface area (Å²) in [6.07, 6.45) is 0.837. The minimum absolute atomic E-state index is 0.124. The van der Waals surface area contributed by atoms with Crippen LogP contribution in [0, 0.1) is 0 Å². The number of carbonyl (C=O) groups excluding carboxylic acids is 2. The van der Waals surface area contributed by atoms with Crippen molar-refractivity contribution >= 4 is 23.8 Å². The molecule has 0 aromatic heterocycles. The molecule has 0 aliphatic carbocycles. The van der Waals surface area contributed by atoms with Gasteiger partial charge in [-0.25, -0.2) is 4.79 Å². The predicted octanol–water partition coefficient (Wildman–Crippen LogP) is 1.55. The van der Waals surface area contributed by atoms with Crippen molar-refractivity contribution in [1.29, 1.82) is 0 Å². The number of piperazine rings is 1. The van der Waals surface area contributed by atoms with Crippen molar-refractivity contribution in [3.8, 4) is 0 Å². The summed E-state index contributed by atoms with van der Waals surface area (Å²) in [6.45, 7) is 10.4. The van der Waals surface area contributed by atoms with Crippen molar-refractivity contribution < 1.29 is 14.3 Å². The molecule has 0 bridgehead atoms. The molecule has 0 spiro atoms. The van der Waals surface area contributed by atoms with Crippen molar-refractivity contribution in [3.05, 3.63) is 0 Å². The van der Waals surface area contributed by atoms with E-state index >= 15 is 0 Å². The topological polar surface area (TPSA) is 61.9 Å². The van der Waals surface area contributed by atoms with Crippen molar-refractivity contribution in [2.45, 2.75) is 51.0 Å². The number of amides is 2. The second-order valence-electron chi connectivity index (χ2n) is 7.31. The molecule has 2 saturated heterocycles. The molecule has 0 radical (unpaired) electrons. The summed E-state index contributed by atoms with van der Waals surface area (Å²) in [6, 6.07) is 0.446. The minimum atomic E-state index is -0.482. The lowest BCUT2D eigenvalue weighted by atomic mass is 10.2. The van der Waals surface area contributed by atoms with Gasteiger partial charge in [0.05, 0.1) is 6.54 Å². The molecule has 6 nitrogen and oxygen atoms in total. The molecule has 2 fully saturated rings. The Labute approximate surface area is 143 Å². The van der Waals surface area contributed by atoms with Gasteiger partial charge in [0.2, 0.25) is 5.91 Å². The van der Waals surface area contributed by atoms with E-state index in [1.807, 2.05) is 37.4 Å². The second-order valence-corrected chi connectivity index (χ2v) is 8.78. The minimum Gasteiger partial charge on any atom is -0.444 e. The lowest BCUT2D eigenvalue weighted by molar-refractivity contribution is -0.132. The molecule has 2 aliphatic rings. The summed E-state index contributed by atoms with van der Waals surface area (Å²) in [4.78, 5) is 27.8. The average Bonchev–Trinajstić information content (AvgIpc) is 2.89. The number of nitrogens with one attached hydrogen (secondary N) is 1. The summed E-state index contributed by atoms with van der Waals surface area (Å²) in [5.74, 6) is 1.21. The normalized spacial score (nSPS) is 25.6. The first-order chi connectivity index (χ1) is 10.7. The molecule has 2 rings (SSSR count). The molecule has 0 aromatic carbocycles. The van der Waals surface area contributed by atoms with Crippen LogP contribution in [0.5, 0.6) is 0 Å². The number of ether oxygens (including phenoxy) is 1. The zero-order valence-corrected chi connectivity index (χ0v) is 15.4. The van der Waals surface area contributed by atoms with Crippen LogP contribution in [0.25, 0.3) is 0 Å². The lowest BCUT2D eigenvalue weighted by Crippen LogP contribution is -2.53. The van der Waals surface area contributed by atoms with Gasteiger partial charge in [-0.1, -0.05) is 6.92 Å². The van der Waals surface area contributed by atoms with E-state index in [4.69, 9.17) is 4.74 Å². The standard InChI is InChI=1S/C16H29N3O3S/c1-12-9-13(11-23-12)17-10-14(20)18-5-7-19(8-6-18)15(21)22-16(2,3)4/h12-13,17H,5-11H2,1-4H3. The van der Waals surface area contributed by atoms with Gasteiger partial charge in [-0.15, -0.1) is 0 Å². The Kier molecular flexibility index (Phi) is 6.19. The highest BCUT2D eigenvalue weighted by Gasteiger charge is 2.28. The van der Waals surface area contributed by atoms with Crippen LogP contribution >= 0.6 is 11.8 Å². The van der Waals surface area contributed by atoms with Gasteiger partial charge in [0.25, 0.3) is 0 Å². The smallest absolute Gasteiger partial charge is 0.410 e. The summed E-state index contributed by atoms with van der Waals surface area (Å²) in [5.41, 5.74) is -0.482. The first-order valence-electron chi connectivity index (χ1n) is 8.35. The zero-order valence-electron chi connectivity index (χ0n) is 14.6. The van der Waals surface area contributed by atoms with E-state index in [1.165, 1.54) is 0 Å². The highest BCUT2D eigenvalue weighted by molar-refractivity contribution is 8.00. The van der Waals surface area contributed by atoms with Crippen LogP contribution in [0.4, 0.5) is 4.79 Å². The van der Waals surface area contributed by atoms with Gasteiger partial charge >= 0.3 is 6.09 Å². The molecular formula is C16H29N3O3S. The van der Waals surface area contributed by atoms with Crippen molar-refractivity contribution in [2.24, 2.45) is 0 Å². The Hall–Kier alpha value is -0.950. The molecule has 2 aliphatic heterocycles. The largest absolute Gasteiger partial charge is 0.444 e. The Bertz CT molecular complexity index is 431. The maximum atomic E-state index is 12.3. The lowest BCUT2D eigenvalue weighted by Gasteiger charge is -2.35. The molecular weight excluding hydrogens is 314 g/mol. The maximum absolute atomic E-state index is 12.3. The van der Waals surface area contributed by atoms with Crippen LogP contribution in [0.2, 0.25) is 0 Å². The molecule has 7 heteroatoms. The SMILES string of the molecule is CC1CC(NCC(=O)N2CCN(C(=O)OC(C)(C)C)CC2)CS1. The third-order valence-corrected chi connectivity index (χ3v) is 5.38. The number of thioether (sulfide) groups is 1. The fraction of sp³-hybridized carbons (Fsp3) is 0.875. The van der Waals surface area contributed by atoms with Gasteiger partial charge in [-0.05, 0) is 27.2 Å². The van der Waals surface area contributed by atoms with Crippen LogP contribution in [0.15, 0.2) is 0 Å². The third kappa shape index (κ3) is 5.88. The van der Waals surface area contributed by atoms with Crippen LogP contribution < -0.4 is 5.32 Å². The quantitative estimate of drug-likeness (QED) is 0.842. The monoisotopic (exact) mass is 343 g/mol. The Balaban J connectivity index is 1.69. The molecule has 23 heavy (non-hydrogen) atoms. The van der Waals surface area contributed by atoms with Crippen molar-refractivity contribution in [3.63, 3.8) is 0 Å². The Morgan fingerprint density at radius 1 is 1.17 bits per heavy atom.